The quantitative estimate of drug-likeness (QED) is 0.760. The third kappa shape index (κ3) is 3.35. The van der Waals surface area contributed by atoms with Crippen molar-refractivity contribution in [2.45, 2.75) is 6.54 Å². The highest BCUT2D eigenvalue weighted by molar-refractivity contribution is 6.42. The topological polar surface area (TPSA) is 51.0 Å². The van der Waals surface area contributed by atoms with Gasteiger partial charge >= 0.3 is 0 Å². The Morgan fingerprint density at radius 2 is 1.76 bits per heavy atom. The van der Waals surface area contributed by atoms with Crippen molar-refractivity contribution in [2.75, 3.05) is 5.32 Å². The third-order valence-corrected chi connectivity index (χ3v) is 3.59. The van der Waals surface area contributed by atoms with E-state index in [1.807, 2.05) is 36.4 Å². The van der Waals surface area contributed by atoms with E-state index >= 15 is 0 Å². The Kier molecular flexibility index (Phi) is 4.08. The predicted octanol–water partition coefficient (Wildman–Crippen LogP) is 4.66. The molecule has 0 fully saturated rings. The fraction of sp³-hybridized carbons (Fsp3) is 0.0667. The Hall–Kier alpha value is -2.04. The third-order valence-electron chi connectivity index (χ3n) is 2.85. The van der Waals surface area contributed by atoms with Crippen LogP contribution in [0.4, 0.5) is 5.69 Å². The van der Waals surface area contributed by atoms with Crippen LogP contribution in [0.15, 0.2) is 52.9 Å². The second kappa shape index (κ2) is 6.16. The highest BCUT2D eigenvalue weighted by atomic mass is 35.5. The lowest BCUT2D eigenvalue weighted by molar-refractivity contribution is 0.515. The minimum absolute atomic E-state index is 0.414. The zero-order valence-corrected chi connectivity index (χ0v) is 12.4. The molecule has 1 aromatic heterocycles. The van der Waals surface area contributed by atoms with Gasteiger partial charge in [-0.2, -0.15) is 0 Å². The molecule has 0 aliphatic rings. The second-order valence-corrected chi connectivity index (χ2v) is 5.16. The average Bonchev–Trinajstić information content (AvgIpc) is 2.98. The Morgan fingerprint density at radius 1 is 0.952 bits per heavy atom. The highest BCUT2D eigenvalue weighted by Gasteiger charge is 2.08. The SMILES string of the molecule is Clc1ccc(NCc2nnc(-c3ccccc3)o2)cc1Cl. The molecular formula is C15H11Cl2N3O. The van der Waals surface area contributed by atoms with Crippen LogP contribution >= 0.6 is 23.2 Å². The van der Waals surface area contributed by atoms with E-state index < -0.39 is 0 Å². The number of hydrogen-bond acceptors (Lipinski definition) is 4. The fourth-order valence-electron chi connectivity index (χ4n) is 1.81. The van der Waals surface area contributed by atoms with Crippen LogP contribution in [0.3, 0.4) is 0 Å². The van der Waals surface area contributed by atoms with Gasteiger partial charge in [-0.1, -0.05) is 41.4 Å². The van der Waals surface area contributed by atoms with Crippen LogP contribution < -0.4 is 5.32 Å². The van der Waals surface area contributed by atoms with Crippen molar-refractivity contribution in [2.24, 2.45) is 0 Å². The molecule has 3 aromatic rings. The van der Waals surface area contributed by atoms with Gasteiger partial charge in [-0.15, -0.1) is 10.2 Å². The molecule has 2 aromatic carbocycles. The van der Waals surface area contributed by atoms with Crippen molar-refractivity contribution in [3.05, 3.63) is 64.5 Å². The van der Waals surface area contributed by atoms with Gasteiger partial charge in [0.2, 0.25) is 11.8 Å². The summed E-state index contributed by atoms with van der Waals surface area (Å²) in [5.74, 6) is 1.00. The normalized spacial score (nSPS) is 10.6. The number of nitrogens with zero attached hydrogens (tertiary/aromatic N) is 2. The number of anilines is 1. The number of benzene rings is 2. The van der Waals surface area contributed by atoms with Gasteiger partial charge < -0.3 is 9.73 Å². The molecule has 1 heterocycles. The molecule has 0 spiro atoms. The van der Waals surface area contributed by atoms with Crippen molar-refractivity contribution >= 4 is 28.9 Å². The van der Waals surface area contributed by atoms with Crippen molar-refractivity contribution in [1.82, 2.24) is 10.2 Å². The molecular weight excluding hydrogens is 309 g/mol. The number of hydrogen-bond donors (Lipinski definition) is 1. The highest BCUT2D eigenvalue weighted by Crippen LogP contribution is 2.25. The summed E-state index contributed by atoms with van der Waals surface area (Å²) < 4.78 is 5.60. The van der Waals surface area contributed by atoms with E-state index in [1.54, 1.807) is 12.1 Å². The largest absolute Gasteiger partial charge is 0.419 e. The van der Waals surface area contributed by atoms with Crippen LogP contribution in [-0.2, 0) is 6.54 Å². The van der Waals surface area contributed by atoms with E-state index in [0.717, 1.165) is 11.3 Å². The molecule has 0 saturated carbocycles. The van der Waals surface area contributed by atoms with Gasteiger partial charge in [0.05, 0.1) is 16.6 Å². The van der Waals surface area contributed by atoms with E-state index in [9.17, 15) is 0 Å². The van der Waals surface area contributed by atoms with Gasteiger partial charge in [-0.05, 0) is 30.3 Å². The lowest BCUT2D eigenvalue weighted by Gasteiger charge is -2.04. The van der Waals surface area contributed by atoms with Gasteiger partial charge in [0.25, 0.3) is 0 Å². The van der Waals surface area contributed by atoms with Crippen LogP contribution in [0, 0.1) is 0 Å². The number of nitrogens with one attached hydrogen (secondary N) is 1. The molecule has 106 valence electrons. The van der Waals surface area contributed by atoms with Crippen molar-refractivity contribution < 1.29 is 4.42 Å². The summed E-state index contributed by atoms with van der Waals surface area (Å²) in [6, 6.07) is 14.9. The summed E-state index contributed by atoms with van der Waals surface area (Å²) in [5, 5.41) is 12.2. The summed E-state index contributed by atoms with van der Waals surface area (Å²) in [4.78, 5) is 0. The van der Waals surface area contributed by atoms with E-state index in [2.05, 4.69) is 15.5 Å². The van der Waals surface area contributed by atoms with Crippen LogP contribution in [0.5, 0.6) is 0 Å². The van der Waals surface area contributed by atoms with Crippen LogP contribution in [0.1, 0.15) is 5.89 Å². The molecule has 0 amide bonds. The molecule has 21 heavy (non-hydrogen) atoms. The maximum Gasteiger partial charge on any atom is 0.247 e. The molecule has 4 nitrogen and oxygen atoms in total. The lowest BCUT2D eigenvalue weighted by atomic mass is 10.2. The molecule has 6 heteroatoms. The smallest absolute Gasteiger partial charge is 0.247 e. The van der Waals surface area contributed by atoms with Gasteiger partial charge in [0.1, 0.15) is 0 Å². The summed E-state index contributed by atoms with van der Waals surface area (Å²) in [6.45, 7) is 0.414. The zero-order valence-electron chi connectivity index (χ0n) is 10.9. The number of rotatable bonds is 4. The summed E-state index contributed by atoms with van der Waals surface area (Å²) in [5.41, 5.74) is 1.73. The molecule has 0 bridgehead atoms. The Bertz CT molecular complexity index is 744. The van der Waals surface area contributed by atoms with Crippen molar-refractivity contribution in [1.29, 1.82) is 0 Å². The lowest BCUT2D eigenvalue weighted by Crippen LogP contribution is -1.99. The number of halogens is 2. The van der Waals surface area contributed by atoms with E-state index in [1.165, 1.54) is 0 Å². The minimum Gasteiger partial charge on any atom is -0.419 e. The van der Waals surface area contributed by atoms with E-state index in [-0.39, 0.29) is 0 Å². The molecule has 3 rings (SSSR count). The monoisotopic (exact) mass is 319 g/mol. The first-order chi connectivity index (χ1) is 10.2. The van der Waals surface area contributed by atoms with Gasteiger partial charge in [0, 0.05) is 11.3 Å². The first kappa shape index (κ1) is 13.9. The van der Waals surface area contributed by atoms with E-state index in [0.29, 0.717) is 28.4 Å². The zero-order chi connectivity index (χ0) is 14.7. The summed E-state index contributed by atoms with van der Waals surface area (Å²) >= 11 is 11.8. The second-order valence-electron chi connectivity index (χ2n) is 4.35. The first-order valence-electron chi connectivity index (χ1n) is 6.29. The van der Waals surface area contributed by atoms with Gasteiger partial charge in [-0.3, -0.25) is 0 Å². The van der Waals surface area contributed by atoms with Gasteiger partial charge in [-0.25, -0.2) is 0 Å². The molecule has 0 aliphatic carbocycles. The fourth-order valence-corrected chi connectivity index (χ4v) is 2.10. The van der Waals surface area contributed by atoms with Crippen molar-refractivity contribution in [3.8, 4) is 11.5 Å². The molecule has 0 unspecified atom stereocenters. The Morgan fingerprint density at radius 3 is 2.52 bits per heavy atom. The molecule has 1 N–H and O–H groups in total. The molecule has 0 atom stereocenters. The molecule has 0 radical (unpaired) electrons. The standard InChI is InChI=1S/C15H11Cl2N3O/c16-12-7-6-11(8-13(12)17)18-9-14-19-20-15(21-14)10-4-2-1-3-5-10/h1-8,18H,9H2. The minimum atomic E-state index is 0.414. The maximum atomic E-state index is 5.96. The molecule has 0 aliphatic heterocycles. The predicted molar refractivity (Wildman–Crippen MR) is 83.5 cm³/mol. The first-order valence-corrected chi connectivity index (χ1v) is 7.05. The van der Waals surface area contributed by atoms with E-state index in [4.69, 9.17) is 27.6 Å². The number of aromatic nitrogens is 2. The van der Waals surface area contributed by atoms with Gasteiger partial charge in [0.15, 0.2) is 0 Å². The Labute approximate surface area is 131 Å². The van der Waals surface area contributed by atoms with Crippen LogP contribution in [0.25, 0.3) is 11.5 Å². The summed E-state index contributed by atoms with van der Waals surface area (Å²) in [7, 11) is 0. The average molecular weight is 320 g/mol. The maximum absolute atomic E-state index is 5.96. The van der Waals surface area contributed by atoms with Crippen LogP contribution in [-0.4, -0.2) is 10.2 Å². The van der Waals surface area contributed by atoms with Crippen molar-refractivity contribution in [3.63, 3.8) is 0 Å². The molecule has 0 saturated heterocycles. The Balaban J connectivity index is 1.69. The van der Waals surface area contributed by atoms with Crippen LogP contribution in [0.2, 0.25) is 10.0 Å². The summed E-state index contributed by atoms with van der Waals surface area (Å²) in [6.07, 6.45) is 0.